The second-order valence-electron chi connectivity index (χ2n) is 2.61. The first kappa shape index (κ1) is 11.6. The monoisotopic (exact) mass is 251 g/mol. The predicted octanol–water partition coefficient (Wildman–Crippen LogP) is 3.40. The molecule has 0 aromatic heterocycles. The number of benzene rings is 1. The van der Waals surface area contributed by atoms with Gasteiger partial charge in [-0.1, -0.05) is 34.8 Å². The minimum absolute atomic E-state index is 0.215. The smallest absolute Gasteiger partial charge is 0.251 e. The van der Waals surface area contributed by atoms with Gasteiger partial charge in [0.25, 0.3) is 5.91 Å². The highest BCUT2D eigenvalue weighted by atomic mass is 35.5. The standard InChI is InChI=1S/C9H8Cl3NO/c1-2-13-9(14)5-3-6(10)8(12)7(11)4-5/h3-4H,2H2,1H3,(H,13,14). The molecule has 0 saturated heterocycles. The maximum absolute atomic E-state index is 11.4. The maximum Gasteiger partial charge on any atom is 0.251 e. The fourth-order valence-electron chi connectivity index (χ4n) is 0.949. The summed E-state index contributed by atoms with van der Waals surface area (Å²) < 4.78 is 0. The summed E-state index contributed by atoms with van der Waals surface area (Å²) in [6.07, 6.45) is 0. The molecule has 2 nitrogen and oxygen atoms in total. The Balaban J connectivity index is 3.06. The third-order valence-corrected chi connectivity index (χ3v) is 2.78. The Kier molecular flexibility index (Phi) is 4.05. The van der Waals surface area contributed by atoms with Crippen molar-refractivity contribution in [3.05, 3.63) is 32.8 Å². The molecular weight excluding hydrogens is 244 g/mol. The van der Waals surface area contributed by atoms with Crippen LogP contribution in [0.5, 0.6) is 0 Å². The van der Waals surface area contributed by atoms with Crippen LogP contribution in [0.1, 0.15) is 17.3 Å². The quantitative estimate of drug-likeness (QED) is 0.803. The van der Waals surface area contributed by atoms with Gasteiger partial charge in [0.2, 0.25) is 0 Å². The lowest BCUT2D eigenvalue weighted by Gasteiger charge is -2.05. The van der Waals surface area contributed by atoms with Gasteiger partial charge in [-0.15, -0.1) is 0 Å². The van der Waals surface area contributed by atoms with E-state index in [1.807, 2.05) is 6.92 Å². The van der Waals surface area contributed by atoms with E-state index in [1.54, 1.807) is 0 Å². The van der Waals surface area contributed by atoms with E-state index in [0.717, 1.165) is 0 Å². The number of hydrogen-bond donors (Lipinski definition) is 1. The van der Waals surface area contributed by atoms with Gasteiger partial charge >= 0.3 is 0 Å². The first-order chi connectivity index (χ1) is 6.56. The zero-order chi connectivity index (χ0) is 10.7. The highest BCUT2D eigenvalue weighted by Gasteiger charge is 2.10. The zero-order valence-corrected chi connectivity index (χ0v) is 9.67. The molecule has 0 heterocycles. The van der Waals surface area contributed by atoms with Crippen LogP contribution in [0.4, 0.5) is 0 Å². The van der Waals surface area contributed by atoms with E-state index in [4.69, 9.17) is 34.8 Å². The third-order valence-electron chi connectivity index (χ3n) is 1.58. The highest BCUT2D eigenvalue weighted by Crippen LogP contribution is 2.30. The van der Waals surface area contributed by atoms with Crippen LogP contribution in [0.25, 0.3) is 0 Å². The lowest BCUT2D eigenvalue weighted by atomic mass is 10.2. The Morgan fingerprint density at radius 1 is 1.29 bits per heavy atom. The third kappa shape index (κ3) is 2.53. The average molecular weight is 253 g/mol. The second-order valence-corrected chi connectivity index (χ2v) is 3.81. The molecule has 0 aliphatic heterocycles. The largest absolute Gasteiger partial charge is 0.352 e. The fraction of sp³-hybridized carbons (Fsp3) is 0.222. The molecule has 1 N–H and O–H groups in total. The van der Waals surface area contributed by atoms with E-state index >= 15 is 0 Å². The molecular formula is C9H8Cl3NO. The van der Waals surface area contributed by atoms with Gasteiger partial charge in [-0.25, -0.2) is 0 Å². The number of hydrogen-bond acceptors (Lipinski definition) is 1. The van der Waals surface area contributed by atoms with Crippen LogP contribution in [0, 0.1) is 0 Å². The van der Waals surface area contributed by atoms with Gasteiger partial charge in [0.15, 0.2) is 0 Å². The number of carbonyl (C=O) groups excluding carboxylic acids is 1. The summed E-state index contributed by atoms with van der Waals surface area (Å²) >= 11 is 17.3. The van der Waals surface area contributed by atoms with Crippen LogP contribution in [-0.4, -0.2) is 12.5 Å². The Morgan fingerprint density at radius 2 is 1.79 bits per heavy atom. The summed E-state index contributed by atoms with van der Waals surface area (Å²) in [5.41, 5.74) is 0.409. The SMILES string of the molecule is CCNC(=O)c1cc(Cl)c(Cl)c(Cl)c1. The molecule has 76 valence electrons. The topological polar surface area (TPSA) is 29.1 Å². The van der Waals surface area contributed by atoms with Gasteiger partial charge in [0, 0.05) is 12.1 Å². The van der Waals surface area contributed by atoms with Crippen molar-refractivity contribution in [2.24, 2.45) is 0 Å². The molecule has 0 fully saturated rings. The molecule has 0 atom stereocenters. The van der Waals surface area contributed by atoms with E-state index in [9.17, 15) is 4.79 Å². The molecule has 0 spiro atoms. The average Bonchev–Trinajstić information content (AvgIpc) is 2.13. The van der Waals surface area contributed by atoms with Crippen molar-refractivity contribution >= 4 is 40.7 Å². The molecule has 1 rings (SSSR count). The first-order valence-corrected chi connectivity index (χ1v) is 5.12. The van der Waals surface area contributed by atoms with Crippen LogP contribution in [0.15, 0.2) is 12.1 Å². The minimum Gasteiger partial charge on any atom is -0.352 e. The number of amides is 1. The van der Waals surface area contributed by atoms with Gasteiger partial charge in [-0.05, 0) is 19.1 Å². The van der Waals surface area contributed by atoms with Crippen LogP contribution in [-0.2, 0) is 0 Å². The molecule has 0 radical (unpaired) electrons. The van der Waals surface area contributed by atoms with E-state index in [2.05, 4.69) is 5.32 Å². The van der Waals surface area contributed by atoms with E-state index in [0.29, 0.717) is 12.1 Å². The summed E-state index contributed by atoms with van der Waals surface area (Å²) in [7, 11) is 0. The van der Waals surface area contributed by atoms with Crippen molar-refractivity contribution < 1.29 is 4.79 Å². The number of nitrogens with one attached hydrogen (secondary N) is 1. The van der Waals surface area contributed by atoms with E-state index in [1.165, 1.54) is 12.1 Å². The Labute approximate surface area is 97.1 Å². The molecule has 14 heavy (non-hydrogen) atoms. The molecule has 0 bridgehead atoms. The number of carbonyl (C=O) groups is 1. The van der Waals surface area contributed by atoms with Gasteiger partial charge in [-0.2, -0.15) is 0 Å². The van der Waals surface area contributed by atoms with Gasteiger partial charge in [-0.3, -0.25) is 4.79 Å². The zero-order valence-electron chi connectivity index (χ0n) is 7.40. The molecule has 0 aliphatic carbocycles. The lowest BCUT2D eigenvalue weighted by Crippen LogP contribution is -2.22. The van der Waals surface area contributed by atoms with E-state index in [-0.39, 0.29) is 21.0 Å². The van der Waals surface area contributed by atoms with Crippen LogP contribution >= 0.6 is 34.8 Å². The molecule has 0 unspecified atom stereocenters. The minimum atomic E-state index is -0.215. The van der Waals surface area contributed by atoms with Crippen LogP contribution in [0.3, 0.4) is 0 Å². The highest BCUT2D eigenvalue weighted by molar-refractivity contribution is 6.48. The molecule has 1 aromatic rings. The van der Waals surface area contributed by atoms with Crippen LogP contribution < -0.4 is 5.32 Å². The van der Waals surface area contributed by atoms with Crippen molar-refractivity contribution in [3.8, 4) is 0 Å². The van der Waals surface area contributed by atoms with Gasteiger partial charge in [0.05, 0.1) is 15.1 Å². The number of rotatable bonds is 2. The predicted molar refractivity (Wildman–Crippen MR) is 59.5 cm³/mol. The van der Waals surface area contributed by atoms with Crippen molar-refractivity contribution in [1.82, 2.24) is 5.32 Å². The van der Waals surface area contributed by atoms with Gasteiger partial charge < -0.3 is 5.32 Å². The van der Waals surface area contributed by atoms with Crippen molar-refractivity contribution in [1.29, 1.82) is 0 Å². The molecule has 5 heteroatoms. The molecule has 1 amide bonds. The van der Waals surface area contributed by atoms with E-state index < -0.39 is 0 Å². The van der Waals surface area contributed by atoms with Gasteiger partial charge in [0.1, 0.15) is 0 Å². The fourth-order valence-corrected chi connectivity index (χ4v) is 1.55. The summed E-state index contributed by atoms with van der Waals surface area (Å²) in [6.45, 7) is 2.38. The molecule has 0 aliphatic rings. The summed E-state index contributed by atoms with van der Waals surface area (Å²) in [5.74, 6) is -0.215. The van der Waals surface area contributed by atoms with Crippen molar-refractivity contribution in [2.75, 3.05) is 6.54 Å². The summed E-state index contributed by atoms with van der Waals surface area (Å²) in [4.78, 5) is 11.4. The lowest BCUT2D eigenvalue weighted by molar-refractivity contribution is 0.0956. The summed E-state index contributed by atoms with van der Waals surface area (Å²) in [5, 5.41) is 3.46. The van der Waals surface area contributed by atoms with Crippen molar-refractivity contribution in [2.45, 2.75) is 6.92 Å². The Morgan fingerprint density at radius 3 is 2.21 bits per heavy atom. The Hall–Kier alpha value is -0.440. The number of halogens is 3. The molecule has 1 aromatic carbocycles. The summed E-state index contributed by atoms with van der Waals surface area (Å²) in [6, 6.07) is 2.97. The van der Waals surface area contributed by atoms with Crippen LogP contribution in [0.2, 0.25) is 15.1 Å². The first-order valence-electron chi connectivity index (χ1n) is 3.99. The Bertz CT molecular complexity index is 342. The maximum atomic E-state index is 11.4. The normalized spacial score (nSPS) is 10.0. The molecule has 0 saturated carbocycles. The van der Waals surface area contributed by atoms with Crippen molar-refractivity contribution in [3.63, 3.8) is 0 Å². The second kappa shape index (κ2) is 4.87.